The second-order valence-corrected chi connectivity index (χ2v) is 16.7. The third kappa shape index (κ3) is 10.3. The normalized spacial score (nSPS) is 11.5. The van der Waals surface area contributed by atoms with Gasteiger partial charge in [-0.25, -0.2) is 14.0 Å². The summed E-state index contributed by atoms with van der Waals surface area (Å²) in [6.45, 7) is 0. The predicted molar refractivity (Wildman–Crippen MR) is 223 cm³/mol. The Morgan fingerprint density at radius 3 is 1.04 bits per heavy atom. The molecule has 12 heteroatoms. The maximum absolute atomic E-state index is 6.92. The van der Waals surface area contributed by atoms with E-state index in [1.807, 2.05) is 133 Å². The number of rotatable bonds is 18. The first kappa shape index (κ1) is 40.4. The standard InChI is InChI=1S/C45H47N4O7P/c1-47(2)57(48(3)4,49(5)6)46-56-42-34-32-41(33-35-42)55-45(53-39-28-18-10-19-29-39,54-40-30-20-11-21-31-40)43(50-36-22-12-7-13-23-36)44(51-37-24-14-8-15-25-37)52-38-26-16-9-17-27-38/h7-35H,1-6H3. The molecule has 294 valence electrons. The highest BCUT2D eigenvalue weighted by atomic mass is 31.2. The van der Waals surface area contributed by atoms with E-state index in [1.54, 1.807) is 84.9 Å². The van der Waals surface area contributed by atoms with E-state index in [4.69, 9.17) is 38.2 Å². The van der Waals surface area contributed by atoms with Crippen molar-refractivity contribution in [3.63, 3.8) is 0 Å². The molecule has 6 aromatic carbocycles. The van der Waals surface area contributed by atoms with E-state index < -0.39 is 13.5 Å². The minimum Gasteiger partial charge on any atom is -0.444 e. The minimum atomic E-state index is -2.34. The zero-order valence-corrected chi connectivity index (χ0v) is 33.7. The summed E-state index contributed by atoms with van der Waals surface area (Å²) in [7, 11) is 9.56. The quantitative estimate of drug-likeness (QED) is 0.0363. The average molecular weight is 787 g/mol. The molecule has 0 bridgehead atoms. The van der Waals surface area contributed by atoms with Gasteiger partial charge < -0.3 is 33.3 Å². The third-order valence-electron chi connectivity index (χ3n) is 8.27. The zero-order valence-electron chi connectivity index (χ0n) is 32.8. The van der Waals surface area contributed by atoms with Crippen molar-refractivity contribution in [2.75, 3.05) is 42.3 Å². The molecule has 6 aromatic rings. The van der Waals surface area contributed by atoms with E-state index >= 15 is 0 Å². The molecule has 0 aliphatic rings. The van der Waals surface area contributed by atoms with Crippen LogP contribution in [0.25, 0.3) is 0 Å². The fourth-order valence-corrected chi connectivity index (χ4v) is 8.54. The average Bonchev–Trinajstić information content (AvgIpc) is 3.22. The summed E-state index contributed by atoms with van der Waals surface area (Å²) >= 11 is 0. The van der Waals surface area contributed by atoms with Crippen molar-refractivity contribution in [3.05, 3.63) is 188 Å². The van der Waals surface area contributed by atoms with E-state index in [1.165, 1.54) is 0 Å². The number of para-hydroxylation sites is 5. The summed E-state index contributed by atoms with van der Waals surface area (Å²) in [4.78, 5) is 10.8. The first-order valence-electron chi connectivity index (χ1n) is 18.2. The number of ether oxygens (including phenoxy) is 6. The Labute approximate surface area is 334 Å². The van der Waals surface area contributed by atoms with Gasteiger partial charge in [0.1, 0.15) is 34.5 Å². The Morgan fingerprint density at radius 1 is 0.386 bits per heavy atom. The fraction of sp³-hybridized carbons (Fsp3) is 0.156. The van der Waals surface area contributed by atoms with Gasteiger partial charge in [0, 0.05) is 0 Å². The molecule has 6 rings (SSSR count). The third-order valence-corrected chi connectivity index (χ3v) is 11.8. The predicted octanol–water partition coefficient (Wildman–Crippen LogP) is 10.2. The highest BCUT2D eigenvalue weighted by Crippen LogP contribution is 2.54. The second kappa shape index (κ2) is 19.1. The summed E-state index contributed by atoms with van der Waals surface area (Å²) < 4.78 is 46.7. The van der Waals surface area contributed by atoms with Crippen LogP contribution in [0.4, 0.5) is 0 Å². The Kier molecular flexibility index (Phi) is 13.5. The molecule has 0 spiro atoms. The monoisotopic (exact) mass is 786 g/mol. The number of nitrogens with zero attached hydrogens (tertiary/aromatic N) is 4. The maximum atomic E-state index is 6.92. The molecule has 0 saturated carbocycles. The molecule has 11 nitrogen and oxygen atoms in total. The molecular formula is C45H47N4O7P. The SMILES string of the molecule is CN(C)P(=NOc1ccc(OC(Oc2ccccc2)(Oc2ccccc2)C(Oc2ccccc2)=C(Oc2ccccc2)Oc2ccccc2)cc1)(N(C)C)N(C)C. The number of hydrogen-bond donors (Lipinski definition) is 0. The Bertz CT molecular complexity index is 2100. The van der Waals surface area contributed by atoms with Crippen molar-refractivity contribution >= 4 is 7.51 Å². The van der Waals surface area contributed by atoms with Gasteiger partial charge in [-0.2, -0.15) is 0 Å². The molecule has 0 amide bonds. The molecule has 0 N–H and O–H groups in total. The summed E-state index contributed by atoms with van der Waals surface area (Å²) in [5.74, 6) is 0.522. The highest BCUT2D eigenvalue weighted by molar-refractivity contribution is 7.58. The van der Waals surface area contributed by atoms with Gasteiger partial charge in [-0.1, -0.05) is 95.9 Å². The van der Waals surface area contributed by atoms with Gasteiger partial charge >= 0.3 is 17.7 Å². The van der Waals surface area contributed by atoms with Crippen LogP contribution in [0.15, 0.2) is 193 Å². The molecule has 0 atom stereocenters. The molecule has 0 fully saturated rings. The van der Waals surface area contributed by atoms with Gasteiger partial charge in [0.15, 0.2) is 5.75 Å². The highest BCUT2D eigenvalue weighted by Gasteiger charge is 2.51. The van der Waals surface area contributed by atoms with Gasteiger partial charge in [0.25, 0.3) is 0 Å². The largest absolute Gasteiger partial charge is 0.489 e. The van der Waals surface area contributed by atoms with E-state index in [0.29, 0.717) is 40.2 Å². The van der Waals surface area contributed by atoms with Crippen LogP contribution >= 0.6 is 7.51 Å². The maximum Gasteiger partial charge on any atom is 0.489 e. The Balaban J connectivity index is 1.56. The van der Waals surface area contributed by atoms with Crippen molar-refractivity contribution < 1.29 is 33.3 Å². The molecule has 0 unspecified atom stereocenters. The summed E-state index contributed by atoms with van der Waals surface area (Å²) in [6, 6.07) is 52.9. The van der Waals surface area contributed by atoms with E-state index in [9.17, 15) is 0 Å². The van der Waals surface area contributed by atoms with Crippen LogP contribution in [-0.4, -0.2) is 62.3 Å². The van der Waals surface area contributed by atoms with Crippen molar-refractivity contribution in [1.82, 2.24) is 14.0 Å². The smallest absolute Gasteiger partial charge is 0.444 e. The summed E-state index contributed by atoms with van der Waals surface area (Å²) in [5, 5.41) is 0. The molecule has 0 saturated heterocycles. The number of benzene rings is 6. The molecule has 0 aliphatic carbocycles. The van der Waals surface area contributed by atoms with Crippen LogP contribution in [0.2, 0.25) is 0 Å². The van der Waals surface area contributed by atoms with Gasteiger partial charge in [-0.05, 0) is 127 Å². The Hall–Kier alpha value is -6.23. The lowest BCUT2D eigenvalue weighted by Crippen LogP contribution is -2.53. The zero-order chi connectivity index (χ0) is 40.1. The fourth-order valence-electron chi connectivity index (χ4n) is 5.75. The van der Waals surface area contributed by atoms with E-state index in [0.717, 1.165) is 0 Å². The van der Waals surface area contributed by atoms with E-state index in [-0.39, 0.29) is 11.7 Å². The topological polar surface area (TPSA) is 86.7 Å². The number of hydrogen-bond acceptors (Lipinski definition) is 8. The molecule has 0 radical (unpaired) electrons. The molecule has 57 heavy (non-hydrogen) atoms. The molecule has 0 heterocycles. The molecule has 0 aliphatic heterocycles. The lowest BCUT2D eigenvalue weighted by Gasteiger charge is -2.39. The lowest BCUT2D eigenvalue weighted by molar-refractivity contribution is -0.242. The van der Waals surface area contributed by atoms with Crippen LogP contribution in [0, 0.1) is 0 Å². The van der Waals surface area contributed by atoms with Gasteiger partial charge in [-0.15, -0.1) is 0 Å². The minimum absolute atomic E-state index is 0.0954. The van der Waals surface area contributed by atoms with E-state index in [2.05, 4.69) is 14.0 Å². The van der Waals surface area contributed by atoms with Crippen molar-refractivity contribution in [1.29, 1.82) is 0 Å². The van der Waals surface area contributed by atoms with Crippen molar-refractivity contribution in [3.8, 4) is 40.2 Å². The van der Waals surface area contributed by atoms with Crippen molar-refractivity contribution in [2.24, 2.45) is 4.91 Å². The molecule has 0 aromatic heterocycles. The van der Waals surface area contributed by atoms with Crippen LogP contribution in [-0.2, 0) is 0 Å². The van der Waals surface area contributed by atoms with Crippen LogP contribution in [0.5, 0.6) is 40.2 Å². The first-order chi connectivity index (χ1) is 27.7. The molecular weight excluding hydrogens is 739 g/mol. The van der Waals surface area contributed by atoms with Gasteiger partial charge in [0.2, 0.25) is 7.51 Å². The van der Waals surface area contributed by atoms with Crippen LogP contribution in [0.1, 0.15) is 0 Å². The summed E-state index contributed by atoms with van der Waals surface area (Å²) in [5.41, 5.74) is 0. The first-order valence-corrected chi connectivity index (χ1v) is 19.8. The van der Waals surface area contributed by atoms with Gasteiger partial charge in [-0.3, -0.25) is 0 Å². The Morgan fingerprint density at radius 2 is 0.684 bits per heavy atom. The summed E-state index contributed by atoms with van der Waals surface area (Å²) in [6.07, 6.45) is 0. The second-order valence-electron chi connectivity index (χ2n) is 13.1. The van der Waals surface area contributed by atoms with Crippen LogP contribution < -0.4 is 33.3 Å². The van der Waals surface area contributed by atoms with Gasteiger partial charge in [0.05, 0.1) is 0 Å². The van der Waals surface area contributed by atoms with Crippen molar-refractivity contribution in [2.45, 2.75) is 5.97 Å². The lowest BCUT2D eigenvalue weighted by atomic mass is 10.3. The van der Waals surface area contributed by atoms with Crippen LogP contribution in [0.3, 0.4) is 0 Å².